The Kier molecular flexibility index (Phi) is 7.23. The minimum atomic E-state index is -10.0. The molecule has 40 heavy (non-hydrogen) atoms. The van der Waals surface area contributed by atoms with Gasteiger partial charge in [-0.1, -0.05) is 19.4 Å². The highest BCUT2D eigenvalue weighted by Gasteiger charge is 2.65. The maximum Gasteiger partial charge on any atom is 0.310 e. The summed E-state index contributed by atoms with van der Waals surface area (Å²) in [5.41, 5.74) is -1.87. The molecule has 0 aliphatic carbocycles. The zero-order valence-electron chi connectivity index (χ0n) is 21.2. The molecular formula is C24H27F5N6O4S. The molecule has 2 amide bonds. The predicted octanol–water partition coefficient (Wildman–Crippen LogP) is 3.81. The minimum absolute atomic E-state index is 0.0644. The molecule has 3 atom stereocenters. The van der Waals surface area contributed by atoms with Crippen molar-refractivity contribution in [3.8, 4) is 6.19 Å². The highest BCUT2D eigenvalue weighted by Crippen LogP contribution is 3.02. The first-order valence-corrected chi connectivity index (χ1v) is 14.1. The van der Waals surface area contributed by atoms with Crippen LogP contribution in [-0.4, -0.2) is 69.2 Å². The fourth-order valence-electron chi connectivity index (χ4n) is 4.78. The standard InChI is InChI=1S/C24H27F5N6O4S/c1-24(38)12-20(34(14-24)15-30)23(37)35(17-2-4-18(5-3-17)40(25,26,27,28)29)21(19-13-31-8-9-32-19)22(36)33-16-6-10-39-11-7-16/h2-5,8-9,13,16,20-21,38H,6-7,10-12,14H2,1H3,(H,33,36). The molecule has 1 aromatic heterocycles. The first-order valence-electron chi connectivity index (χ1n) is 12.2. The zero-order valence-corrected chi connectivity index (χ0v) is 22.0. The Hall–Kier alpha value is -3.55. The molecule has 4 rings (SSSR count). The maximum atomic E-state index is 14.0. The Morgan fingerprint density at radius 2 is 1.85 bits per heavy atom. The summed E-state index contributed by atoms with van der Waals surface area (Å²) in [4.78, 5) is 35.4. The Morgan fingerprint density at radius 3 is 2.40 bits per heavy atom. The highest BCUT2D eigenvalue weighted by atomic mass is 32.5. The normalized spacial score (nSPS) is 24.4. The van der Waals surface area contributed by atoms with Crippen LogP contribution < -0.4 is 10.2 Å². The van der Waals surface area contributed by atoms with Crippen LogP contribution in [0.5, 0.6) is 0 Å². The average molecular weight is 591 g/mol. The van der Waals surface area contributed by atoms with Crippen molar-refractivity contribution in [1.29, 1.82) is 5.26 Å². The molecule has 2 fully saturated rings. The Labute approximate surface area is 226 Å². The van der Waals surface area contributed by atoms with Gasteiger partial charge in [-0.15, -0.1) is 0 Å². The van der Waals surface area contributed by atoms with Crippen LogP contribution in [0, 0.1) is 11.5 Å². The first kappa shape index (κ1) is 29.4. The van der Waals surface area contributed by atoms with Crippen molar-refractivity contribution in [2.45, 2.75) is 54.8 Å². The van der Waals surface area contributed by atoms with E-state index in [0.717, 1.165) is 9.80 Å². The number of rotatable bonds is 7. The largest absolute Gasteiger partial charge is 0.388 e. The lowest BCUT2D eigenvalue weighted by Crippen LogP contribution is -2.52. The van der Waals surface area contributed by atoms with E-state index in [4.69, 9.17) is 4.74 Å². The van der Waals surface area contributed by atoms with E-state index in [-0.39, 0.29) is 42.5 Å². The number of aliphatic hydroxyl groups is 1. The summed E-state index contributed by atoms with van der Waals surface area (Å²) in [6, 6.07) is -1.70. The third kappa shape index (κ3) is 6.60. The molecule has 0 spiro atoms. The summed E-state index contributed by atoms with van der Waals surface area (Å²) in [7, 11) is -10.0. The molecule has 10 nitrogen and oxygen atoms in total. The van der Waals surface area contributed by atoms with Crippen LogP contribution in [0.25, 0.3) is 0 Å². The van der Waals surface area contributed by atoms with Crippen LogP contribution in [0.4, 0.5) is 25.1 Å². The molecule has 218 valence electrons. The number of aromatic nitrogens is 2. The van der Waals surface area contributed by atoms with Crippen molar-refractivity contribution in [1.82, 2.24) is 20.2 Å². The number of amides is 2. The van der Waals surface area contributed by atoms with Gasteiger partial charge in [-0.2, -0.15) is 5.26 Å². The summed E-state index contributed by atoms with van der Waals surface area (Å²) >= 11 is 0. The molecule has 16 heteroatoms. The van der Waals surface area contributed by atoms with Crippen molar-refractivity contribution in [3.63, 3.8) is 0 Å². The van der Waals surface area contributed by atoms with Crippen LogP contribution in [0.1, 0.15) is 37.9 Å². The molecule has 1 aromatic carbocycles. The summed E-state index contributed by atoms with van der Waals surface area (Å²) in [6.45, 7) is 1.92. The third-order valence-corrected chi connectivity index (χ3v) is 7.83. The van der Waals surface area contributed by atoms with Gasteiger partial charge in [-0.3, -0.25) is 29.4 Å². The molecule has 2 aromatic rings. The van der Waals surface area contributed by atoms with Crippen LogP contribution in [-0.2, 0) is 14.3 Å². The number of nitriles is 1. The molecular weight excluding hydrogens is 563 g/mol. The molecule has 0 bridgehead atoms. The molecule has 2 saturated heterocycles. The highest BCUT2D eigenvalue weighted by molar-refractivity contribution is 8.45. The smallest absolute Gasteiger partial charge is 0.310 e. The van der Waals surface area contributed by atoms with Crippen molar-refractivity contribution < 1.29 is 38.9 Å². The lowest BCUT2D eigenvalue weighted by atomic mass is 10.0. The number of benzene rings is 1. The molecule has 2 aliphatic rings. The number of anilines is 1. The quantitative estimate of drug-likeness (QED) is 0.368. The summed E-state index contributed by atoms with van der Waals surface area (Å²) in [5, 5.41) is 23.0. The van der Waals surface area contributed by atoms with Crippen molar-refractivity contribution in [2.75, 3.05) is 24.7 Å². The average Bonchev–Trinajstić information content (AvgIpc) is 3.21. The van der Waals surface area contributed by atoms with E-state index in [1.807, 2.05) is 6.19 Å². The molecule has 3 heterocycles. The van der Waals surface area contributed by atoms with E-state index < -0.39 is 44.6 Å². The topological polar surface area (TPSA) is 132 Å². The predicted molar refractivity (Wildman–Crippen MR) is 133 cm³/mol. The monoisotopic (exact) mass is 590 g/mol. The van der Waals surface area contributed by atoms with E-state index in [1.165, 1.54) is 25.5 Å². The fourth-order valence-corrected chi connectivity index (χ4v) is 5.43. The van der Waals surface area contributed by atoms with Gasteiger partial charge in [0.1, 0.15) is 10.9 Å². The number of carbonyl (C=O) groups excluding carboxylic acids is 2. The lowest BCUT2D eigenvalue weighted by Gasteiger charge is -2.41. The van der Waals surface area contributed by atoms with Crippen LogP contribution in [0.2, 0.25) is 0 Å². The number of β-amino-alcohol motifs (C(OH)–C–C–N with tert-alkyl or cyclic N) is 1. The zero-order chi connectivity index (χ0) is 29.4. The minimum Gasteiger partial charge on any atom is -0.388 e. The second-order valence-electron chi connectivity index (χ2n) is 10.0. The van der Waals surface area contributed by atoms with Crippen LogP contribution in [0.3, 0.4) is 0 Å². The lowest BCUT2D eigenvalue weighted by molar-refractivity contribution is -0.129. The Morgan fingerprint density at radius 1 is 1.20 bits per heavy atom. The molecule has 2 N–H and O–H groups in total. The summed E-state index contributed by atoms with van der Waals surface area (Å²) in [6.07, 6.45) is 6.21. The Balaban J connectivity index is 1.83. The number of carbonyl (C=O) groups is 2. The summed E-state index contributed by atoms with van der Waals surface area (Å²) in [5.74, 6) is -1.69. The number of nitrogens with zero attached hydrogens (tertiary/aromatic N) is 5. The third-order valence-electron chi connectivity index (χ3n) is 6.67. The number of hydrogen-bond donors (Lipinski definition) is 2. The molecule has 2 aliphatic heterocycles. The second-order valence-corrected chi connectivity index (χ2v) is 12.5. The van der Waals surface area contributed by atoms with Gasteiger partial charge in [0.15, 0.2) is 12.2 Å². The first-order chi connectivity index (χ1) is 18.5. The van der Waals surface area contributed by atoms with Gasteiger partial charge in [0.05, 0.1) is 24.0 Å². The van der Waals surface area contributed by atoms with Crippen molar-refractivity contribution >= 4 is 27.7 Å². The fraction of sp³-hybridized carbons (Fsp3) is 0.458. The van der Waals surface area contributed by atoms with Crippen molar-refractivity contribution in [3.05, 3.63) is 48.5 Å². The van der Waals surface area contributed by atoms with E-state index in [1.54, 1.807) is 0 Å². The number of hydrogen-bond acceptors (Lipinski definition) is 8. The second kappa shape index (κ2) is 9.82. The van der Waals surface area contributed by atoms with Gasteiger partial charge in [-0.25, -0.2) is 0 Å². The van der Waals surface area contributed by atoms with E-state index >= 15 is 0 Å². The van der Waals surface area contributed by atoms with Crippen LogP contribution in [0.15, 0.2) is 47.8 Å². The number of likely N-dealkylation sites (tertiary alicyclic amines) is 1. The van der Waals surface area contributed by atoms with E-state index in [0.29, 0.717) is 38.2 Å². The van der Waals surface area contributed by atoms with E-state index in [2.05, 4.69) is 15.3 Å². The number of nitrogens with one attached hydrogen (secondary N) is 1. The maximum absolute atomic E-state index is 14.0. The molecule has 0 radical (unpaired) electrons. The van der Waals surface area contributed by atoms with Gasteiger partial charge in [-0.05, 0) is 44.0 Å². The van der Waals surface area contributed by atoms with Crippen LogP contribution >= 0.6 is 10.2 Å². The van der Waals surface area contributed by atoms with E-state index in [9.17, 15) is 39.4 Å². The van der Waals surface area contributed by atoms with Gasteiger partial charge in [0.2, 0.25) is 5.91 Å². The van der Waals surface area contributed by atoms with Gasteiger partial charge < -0.3 is 15.2 Å². The number of halogens is 5. The van der Waals surface area contributed by atoms with Gasteiger partial charge in [0.25, 0.3) is 5.91 Å². The SMILES string of the molecule is CC1(O)CC(C(=O)N(c2ccc(S(F)(F)(F)(F)F)cc2)C(C(=O)NC2CCOCC2)c2cnccn2)N(C#N)C1. The Bertz CT molecular complexity index is 1300. The summed E-state index contributed by atoms with van der Waals surface area (Å²) < 4.78 is 72.5. The van der Waals surface area contributed by atoms with Gasteiger partial charge in [0, 0.05) is 43.8 Å². The number of ether oxygens (including phenoxy) is 1. The van der Waals surface area contributed by atoms with Crippen molar-refractivity contribution in [2.24, 2.45) is 0 Å². The van der Waals surface area contributed by atoms with Gasteiger partial charge >= 0.3 is 10.2 Å². The molecule has 3 unspecified atom stereocenters. The molecule has 0 saturated carbocycles.